The number of carbonyl (C=O) groups excluding carboxylic acids is 2. The summed E-state index contributed by atoms with van der Waals surface area (Å²) in [5.74, 6) is -0.505. The van der Waals surface area contributed by atoms with Gasteiger partial charge >= 0.3 is 0 Å². The molecule has 5 rings (SSSR count). The molecule has 174 valence electrons. The number of rotatable bonds is 4. The van der Waals surface area contributed by atoms with Gasteiger partial charge in [-0.25, -0.2) is 8.42 Å². The minimum atomic E-state index is -3.58. The summed E-state index contributed by atoms with van der Waals surface area (Å²) >= 11 is 0. The molecule has 3 aliphatic heterocycles. The first kappa shape index (κ1) is 22.1. The second kappa shape index (κ2) is 7.95. The van der Waals surface area contributed by atoms with E-state index in [2.05, 4.69) is 29.2 Å². The van der Waals surface area contributed by atoms with Crippen LogP contribution in [0.2, 0.25) is 0 Å². The molecule has 3 fully saturated rings. The van der Waals surface area contributed by atoms with E-state index >= 15 is 0 Å². The zero-order valence-corrected chi connectivity index (χ0v) is 19.7. The van der Waals surface area contributed by atoms with Gasteiger partial charge in [0, 0.05) is 26.2 Å². The van der Waals surface area contributed by atoms with Gasteiger partial charge in [-0.05, 0) is 25.0 Å². The molecule has 0 aliphatic carbocycles. The lowest BCUT2D eigenvalue weighted by atomic mass is 9.95. The first-order chi connectivity index (χ1) is 15.7. The summed E-state index contributed by atoms with van der Waals surface area (Å²) in [5, 5.41) is -0.851. The summed E-state index contributed by atoms with van der Waals surface area (Å²) < 4.78 is 24.5. The number of fused-ring (bicyclic) bond motifs is 1. The molecule has 3 heterocycles. The van der Waals surface area contributed by atoms with E-state index in [1.807, 2.05) is 36.4 Å². The van der Waals surface area contributed by atoms with Gasteiger partial charge in [-0.15, -0.1) is 0 Å². The summed E-state index contributed by atoms with van der Waals surface area (Å²) in [7, 11) is -3.58. The molecule has 0 unspecified atom stereocenters. The summed E-state index contributed by atoms with van der Waals surface area (Å²) in [5.41, 5.74) is 2.39. The lowest BCUT2D eigenvalue weighted by Crippen LogP contribution is -2.62. The van der Waals surface area contributed by atoms with E-state index in [-0.39, 0.29) is 24.3 Å². The third-order valence-corrected chi connectivity index (χ3v) is 10.2. The average Bonchev–Trinajstić information content (AvgIpc) is 2.94. The standard InChI is InChI=1S/C25H29N3O4S/c1-25(2)23(28-20(29)17-21(28)33(25,31)32)24(30)27-15-13-26(14-16-27)22(18-9-5-3-6-10-18)19-11-7-4-8-12-19/h3-12,21-23H,13-17H2,1-2H3/t21-,23-/m1/s1. The van der Waals surface area contributed by atoms with E-state index < -0.39 is 26.0 Å². The molecule has 3 saturated heterocycles. The van der Waals surface area contributed by atoms with Crippen LogP contribution in [0, 0.1) is 0 Å². The molecule has 0 N–H and O–H groups in total. The second-order valence-corrected chi connectivity index (χ2v) is 12.3. The van der Waals surface area contributed by atoms with Crippen LogP contribution in [0.15, 0.2) is 60.7 Å². The first-order valence-electron chi connectivity index (χ1n) is 11.4. The van der Waals surface area contributed by atoms with Crippen molar-refractivity contribution >= 4 is 21.7 Å². The third kappa shape index (κ3) is 3.38. The van der Waals surface area contributed by atoms with Crippen molar-refractivity contribution in [3.8, 4) is 0 Å². The van der Waals surface area contributed by atoms with Crippen LogP contribution in [-0.2, 0) is 19.4 Å². The van der Waals surface area contributed by atoms with Crippen LogP contribution in [0.4, 0.5) is 0 Å². The molecule has 3 aliphatic rings. The van der Waals surface area contributed by atoms with Crippen LogP contribution in [0.1, 0.15) is 37.4 Å². The van der Waals surface area contributed by atoms with Gasteiger partial charge in [-0.2, -0.15) is 0 Å². The van der Waals surface area contributed by atoms with Crippen molar-refractivity contribution in [2.45, 2.75) is 42.5 Å². The van der Waals surface area contributed by atoms with Gasteiger partial charge in [0.1, 0.15) is 11.4 Å². The van der Waals surface area contributed by atoms with Crippen molar-refractivity contribution in [1.29, 1.82) is 0 Å². The molecule has 33 heavy (non-hydrogen) atoms. The van der Waals surface area contributed by atoms with E-state index in [1.54, 1.807) is 18.7 Å². The average molecular weight is 468 g/mol. The Morgan fingerprint density at radius 1 is 0.909 bits per heavy atom. The van der Waals surface area contributed by atoms with Crippen LogP contribution < -0.4 is 0 Å². The van der Waals surface area contributed by atoms with Gasteiger partial charge in [0.15, 0.2) is 9.84 Å². The predicted molar refractivity (Wildman–Crippen MR) is 125 cm³/mol. The van der Waals surface area contributed by atoms with Crippen molar-refractivity contribution in [2.75, 3.05) is 26.2 Å². The smallest absolute Gasteiger partial charge is 0.247 e. The van der Waals surface area contributed by atoms with Crippen molar-refractivity contribution in [1.82, 2.24) is 14.7 Å². The number of piperazine rings is 1. The fraction of sp³-hybridized carbons (Fsp3) is 0.440. The number of sulfone groups is 1. The maximum Gasteiger partial charge on any atom is 0.247 e. The minimum absolute atomic E-state index is 0.0147. The number of hydrogen-bond acceptors (Lipinski definition) is 5. The Labute approximate surface area is 194 Å². The normalized spacial score (nSPS) is 26.2. The van der Waals surface area contributed by atoms with Gasteiger partial charge in [0.05, 0.1) is 17.2 Å². The molecule has 0 radical (unpaired) electrons. The van der Waals surface area contributed by atoms with Gasteiger partial charge in [0.2, 0.25) is 11.8 Å². The molecule has 7 nitrogen and oxygen atoms in total. The van der Waals surface area contributed by atoms with Crippen LogP contribution in [-0.4, -0.2) is 77.3 Å². The summed E-state index contributed by atoms with van der Waals surface area (Å²) in [6.45, 7) is 5.47. The van der Waals surface area contributed by atoms with Crippen molar-refractivity contribution in [2.24, 2.45) is 0 Å². The zero-order chi connectivity index (χ0) is 23.4. The highest BCUT2D eigenvalue weighted by molar-refractivity contribution is 7.93. The molecular formula is C25H29N3O4S. The number of hydrogen-bond donors (Lipinski definition) is 0. The Morgan fingerprint density at radius 2 is 1.42 bits per heavy atom. The van der Waals surface area contributed by atoms with Gasteiger partial charge in [-0.3, -0.25) is 14.5 Å². The summed E-state index contributed by atoms with van der Waals surface area (Å²) in [6, 6.07) is 19.8. The number of benzene rings is 2. The summed E-state index contributed by atoms with van der Waals surface area (Å²) in [4.78, 5) is 31.1. The minimum Gasteiger partial charge on any atom is -0.338 e. The first-order valence-corrected chi connectivity index (χ1v) is 13.0. The fourth-order valence-electron chi connectivity index (χ4n) is 5.49. The van der Waals surface area contributed by atoms with E-state index in [4.69, 9.17) is 0 Å². The highest BCUT2D eigenvalue weighted by atomic mass is 32.2. The molecule has 8 heteroatoms. The number of carbonyl (C=O) groups is 2. The number of amides is 2. The van der Waals surface area contributed by atoms with E-state index in [0.29, 0.717) is 26.2 Å². The molecule has 2 amide bonds. The van der Waals surface area contributed by atoms with Crippen LogP contribution in [0.3, 0.4) is 0 Å². The maximum absolute atomic E-state index is 13.5. The third-order valence-electron chi connectivity index (χ3n) is 7.43. The SMILES string of the molecule is CC1(C)[C@@H](C(=O)N2CCN(C(c3ccccc3)c3ccccc3)CC2)N2C(=O)C[C@H]2S1(=O)=O. The number of β-lactam (4-membered cyclic amide) rings is 1. The van der Waals surface area contributed by atoms with E-state index in [0.717, 1.165) is 0 Å². The Balaban J connectivity index is 1.35. The van der Waals surface area contributed by atoms with Crippen LogP contribution in [0.25, 0.3) is 0 Å². The maximum atomic E-state index is 13.5. The quantitative estimate of drug-likeness (QED) is 0.644. The Morgan fingerprint density at radius 3 is 1.91 bits per heavy atom. The highest BCUT2D eigenvalue weighted by Gasteiger charge is 2.68. The molecule has 2 atom stereocenters. The Bertz CT molecular complexity index is 1120. The molecule has 0 spiro atoms. The van der Waals surface area contributed by atoms with Gasteiger partial charge < -0.3 is 9.80 Å². The van der Waals surface area contributed by atoms with Crippen molar-refractivity contribution in [3.05, 3.63) is 71.8 Å². The molecule has 0 bridgehead atoms. The Hall–Kier alpha value is -2.71. The monoisotopic (exact) mass is 467 g/mol. The predicted octanol–water partition coefficient (Wildman–Crippen LogP) is 2.05. The van der Waals surface area contributed by atoms with E-state index in [9.17, 15) is 18.0 Å². The zero-order valence-electron chi connectivity index (χ0n) is 18.9. The molecule has 2 aromatic rings. The molecule has 0 aromatic heterocycles. The molecule has 0 saturated carbocycles. The fourth-order valence-corrected chi connectivity index (χ4v) is 7.61. The topological polar surface area (TPSA) is 78.0 Å². The van der Waals surface area contributed by atoms with Gasteiger partial charge in [-0.1, -0.05) is 60.7 Å². The largest absolute Gasteiger partial charge is 0.338 e. The van der Waals surface area contributed by atoms with Crippen molar-refractivity contribution in [3.63, 3.8) is 0 Å². The Kier molecular flexibility index (Phi) is 5.33. The highest BCUT2D eigenvalue weighted by Crippen LogP contribution is 2.46. The second-order valence-electron chi connectivity index (χ2n) is 9.60. The lowest BCUT2D eigenvalue weighted by Gasteiger charge is -2.43. The van der Waals surface area contributed by atoms with Crippen molar-refractivity contribution < 1.29 is 18.0 Å². The number of nitrogens with zero attached hydrogens (tertiary/aromatic N) is 3. The van der Waals surface area contributed by atoms with Crippen LogP contribution in [0.5, 0.6) is 0 Å². The lowest BCUT2D eigenvalue weighted by molar-refractivity contribution is -0.154. The molecular weight excluding hydrogens is 438 g/mol. The van der Waals surface area contributed by atoms with E-state index in [1.165, 1.54) is 16.0 Å². The molecule has 2 aromatic carbocycles. The summed E-state index contributed by atoms with van der Waals surface area (Å²) in [6.07, 6.45) is -0.0147. The van der Waals surface area contributed by atoms with Crippen LogP contribution >= 0.6 is 0 Å². The van der Waals surface area contributed by atoms with Gasteiger partial charge in [0.25, 0.3) is 0 Å².